The molecule has 0 aliphatic carbocycles. The van der Waals surface area contributed by atoms with Gasteiger partial charge in [-0.3, -0.25) is 4.99 Å². The summed E-state index contributed by atoms with van der Waals surface area (Å²) >= 11 is 0. The van der Waals surface area contributed by atoms with Crippen LogP contribution in [-0.4, -0.2) is 63.8 Å². The Morgan fingerprint density at radius 3 is 2.58 bits per heavy atom. The number of benzene rings is 1. The van der Waals surface area contributed by atoms with E-state index in [1.165, 1.54) is 23.2 Å². The predicted molar refractivity (Wildman–Crippen MR) is 111 cm³/mol. The molecule has 0 aromatic heterocycles. The lowest BCUT2D eigenvalue weighted by Crippen LogP contribution is -2.52. The Balaban J connectivity index is 1.87. The van der Waals surface area contributed by atoms with Crippen molar-refractivity contribution >= 4 is 11.6 Å². The normalized spacial score (nSPS) is 15.5. The fourth-order valence-corrected chi connectivity index (χ4v) is 3.38. The van der Waals surface area contributed by atoms with E-state index in [-0.39, 0.29) is 0 Å². The van der Waals surface area contributed by atoms with Crippen molar-refractivity contribution in [2.45, 2.75) is 40.0 Å². The van der Waals surface area contributed by atoms with Crippen LogP contribution < -0.4 is 10.2 Å². The van der Waals surface area contributed by atoms with Crippen LogP contribution in [0.4, 0.5) is 5.69 Å². The molecule has 26 heavy (non-hydrogen) atoms. The maximum atomic E-state index is 5.10. The number of aryl methyl sites for hydroxylation is 1. The van der Waals surface area contributed by atoms with Crippen LogP contribution in [0.2, 0.25) is 0 Å². The molecule has 0 atom stereocenters. The van der Waals surface area contributed by atoms with Crippen LogP contribution in [0.5, 0.6) is 0 Å². The van der Waals surface area contributed by atoms with Gasteiger partial charge in [0.1, 0.15) is 0 Å². The first kappa shape index (κ1) is 20.6. The van der Waals surface area contributed by atoms with Gasteiger partial charge < -0.3 is 19.9 Å². The Hall–Kier alpha value is -1.75. The van der Waals surface area contributed by atoms with Gasteiger partial charge in [-0.1, -0.05) is 12.1 Å². The monoisotopic (exact) mass is 360 g/mol. The number of methoxy groups -OCH3 is 1. The minimum atomic E-state index is 0.851. The molecular weight excluding hydrogens is 324 g/mol. The van der Waals surface area contributed by atoms with Gasteiger partial charge in [0.25, 0.3) is 0 Å². The van der Waals surface area contributed by atoms with Crippen molar-refractivity contribution in [2.24, 2.45) is 4.99 Å². The molecule has 1 N–H and O–H groups in total. The molecule has 0 saturated carbocycles. The van der Waals surface area contributed by atoms with Crippen molar-refractivity contribution in [2.75, 3.05) is 57.9 Å². The molecule has 1 aliphatic heterocycles. The van der Waals surface area contributed by atoms with E-state index in [0.717, 1.165) is 64.7 Å². The number of unbranched alkanes of at least 4 members (excludes halogenated alkanes) is 2. The first-order chi connectivity index (χ1) is 12.7. The average molecular weight is 361 g/mol. The highest BCUT2D eigenvalue weighted by Crippen LogP contribution is 2.23. The van der Waals surface area contributed by atoms with Crippen LogP contribution >= 0.6 is 0 Å². The van der Waals surface area contributed by atoms with Gasteiger partial charge in [0, 0.05) is 58.7 Å². The van der Waals surface area contributed by atoms with E-state index in [1.54, 1.807) is 7.11 Å². The summed E-state index contributed by atoms with van der Waals surface area (Å²) < 4.78 is 5.10. The van der Waals surface area contributed by atoms with E-state index < -0.39 is 0 Å². The highest BCUT2D eigenvalue weighted by atomic mass is 16.5. The number of nitrogens with one attached hydrogen (secondary N) is 1. The number of nitrogens with zero attached hydrogens (tertiary/aromatic N) is 3. The first-order valence-corrected chi connectivity index (χ1v) is 10.0. The van der Waals surface area contributed by atoms with Crippen LogP contribution in [0, 0.1) is 13.8 Å². The molecule has 0 radical (unpaired) electrons. The fourth-order valence-electron chi connectivity index (χ4n) is 3.38. The van der Waals surface area contributed by atoms with Gasteiger partial charge in [-0.15, -0.1) is 0 Å². The Bertz CT molecular complexity index is 565. The summed E-state index contributed by atoms with van der Waals surface area (Å²) in [6.07, 6.45) is 3.43. The molecule has 5 nitrogen and oxygen atoms in total. The van der Waals surface area contributed by atoms with E-state index in [0.29, 0.717) is 0 Å². The summed E-state index contributed by atoms with van der Waals surface area (Å²) in [5.74, 6) is 1.07. The summed E-state index contributed by atoms with van der Waals surface area (Å²) in [6, 6.07) is 6.61. The number of ether oxygens (including phenoxy) is 1. The molecule has 1 heterocycles. The van der Waals surface area contributed by atoms with Gasteiger partial charge in [0.05, 0.1) is 0 Å². The molecule has 1 aliphatic rings. The van der Waals surface area contributed by atoms with Crippen molar-refractivity contribution in [3.63, 3.8) is 0 Å². The number of guanidine groups is 1. The van der Waals surface area contributed by atoms with Gasteiger partial charge in [0.2, 0.25) is 0 Å². The van der Waals surface area contributed by atoms with Gasteiger partial charge in [0.15, 0.2) is 5.96 Å². The van der Waals surface area contributed by atoms with Gasteiger partial charge >= 0.3 is 0 Å². The first-order valence-electron chi connectivity index (χ1n) is 10.0. The summed E-state index contributed by atoms with van der Waals surface area (Å²) in [5.41, 5.74) is 4.15. The van der Waals surface area contributed by atoms with E-state index in [4.69, 9.17) is 9.73 Å². The molecule has 0 spiro atoms. The van der Waals surface area contributed by atoms with Gasteiger partial charge in [-0.2, -0.15) is 0 Å². The molecule has 2 rings (SSSR count). The zero-order chi connectivity index (χ0) is 18.8. The minimum Gasteiger partial charge on any atom is -0.385 e. The molecular formula is C21H36N4O. The quantitative estimate of drug-likeness (QED) is 0.439. The van der Waals surface area contributed by atoms with Crippen LogP contribution in [0.1, 0.15) is 37.3 Å². The average Bonchev–Trinajstić information content (AvgIpc) is 2.66. The van der Waals surface area contributed by atoms with Crippen molar-refractivity contribution in [3.8, 4) is 0 Å². The second kappa shape index (κ2) is 11.1. The van der Waals surface area contributed by atoms with E-state index >= 15 is 0 Å². The minimum absolute atomic E-state index is 0.851. The highest BCUT2D eigenvalue weighted by Gasteiger charge is 2.20. The van der Waals surface area contributed by atoms with Crippen LogP contribution in [-0.2, 0) is 4.74 Å². The molecule has 0 bridgehead atoms. The molecule has 1 fully saturated rings. The number of rotatable bonds is 8. The number of hydrogen-bond donors (Lipinski definition) is 1. The van der Waals surface area contributed by atoms with E-state index in [1.807, 2.05) is 0 Å². The number of piperazine rings is 1. The SMILES string of the molecule is CCNC(=NCCCCCOC)N1CCN(c2cccc(C)c2C)CC1. The Morgan fingerprint density at radius 1 is 1.12 bits per heavy atom. The lowest BCUT2D eigenvalue weighted by molar-refractivity contribution is 0.192. The standard InChI is InChI=1S/C21H36N4O/c1-5-22-21(23-12-7-6-8-17-26-4)25-15-13-24(14-16-25)20-11-9-10-18(2)19(20)3/h9-11H,5-8,12-17H2,1-4H3,(H,22,23). The molecule has 1 aromatic carbocycles. The molecule has 1 aromatic rings. The summed E-state index contributed by atoms with van der Waals surface area (Å²) in [6.45, 7) is 13.3. The van der Waals surface area contributed by atoms with Crippen molar-refractivity contribution < 1.29 is 4.74 Å². The molecule has 0 amide bonds. The zero-order valence-corrected chi connectivity index (χ0v) is 17.1. The van der Waals surface area contributed by atoms with Gasteiger partial charge in [-0.25, -0.2) is 0 Å². The van der Waals surface area contributed by atoms with E-state index in [2.05, 4.69) is 54.1 Å². The Morgan fingerprint density at radius 2 is 1.88 bits per heavy atom. The highest BCUT2D eigenvalue weighted by molar-refractivity contribution is 5.80. The molecule has 146 valence electrons. The summed E-state index contributed by atoms with van der Waals surface area (Å²) in [4.78, 5) is 9.75. The molecule has 1 saturated heterocycles. The maximum Gasteiger partial charge on any atom is 0.194 e. The second-order valence-electron chi connectivity index (χ2n) is 6.98. The van der Waals surface area contributed by atoms with Crippen molar-refractivity contribution in [1.82, 2.24) is 10.2 Å². The maximum absolute atomic E-state index is 5.10. The molecule has 5 heteroatoms. The lowest BCUT2D eigenvalue weighted by Gasteiger charge is -2.38. The number of anilines is 1. The second-order valence-corrected chi connectivity index (χ2v) is 6.98. The van der Waals surface area contributed by atoms with Gasteiger partial charge in [-0.05, 0) is 57.2 Å². The van der Waals surface area contributed by atoms with Crippen molar-refractivity contribution in [1.29, 1.82) is 0 Å². The van der Waals surface area contributed by atoms with Crippen LogP contribution in [0.15, 0.2) is 23.2 Å². The fraction of sp³-hybridized carbons (Fsp3) is 0.667. The van der Waals surface area contributed by atoms with Crippen LogP contribution in [0.3, 0.4) is 0 Å². The third-order valence-corrected chi connectivity index (χ3v) is 5.10. The van der Waals surface area contributed by atoms with Crippen molar-refractivity contribution in [3.05, 3.63) is 29.3 Å². The Labute approximate surface area is 159 Å². The third-order valence-electron chi connectivity index (χ3n) is 5.10. The Kier molecular flexibility index (Phi) is 8.75. The summed E-state index contributed by atoms with van der Waals surface area (Å²) in [5, 5.41) is 3.46. The lowest BCUT2D eigenvalue weighted by atomic mass is 10.1. The number of aliphatic imine (C=N–C) groups is 1. The third kappa shape index (κ3) is 5.90. The largest absolute Gasteiger partial charge is 0.385 e. The predicted octanol–water partition coefficient (Wildman–Crippen LogP) is 3.21. The smallest absolute Gasteiger partial charge is 0.194 e. The number of hydrogen-bond acceptors (Lipinski definition) is 3. The zero-order valence-electron chi connectivity index (χ0n) is 17.1. The van der Waals surface area contributed by atoms with Crippen LogP contribution in [0.25, 0.3) is 0 Å². The molecule has 0 unspecified atom stereocenters. The topological polar surface area (TPSA) is 40.1 Å². The van der Waals surface area contributed by atoms with E-state index in [9.17, 15) is 0 Å². The summed E-state index contributed by atoms with van der Waals surface area (Å²) in [7, 11) is 1.76.